The lowest BCUT2D eigenvalue weighted by Crippen LogP contribution is -2.30. The maximum Gasteiger partial charge on any atom is 0.374 e. The van der Waals surface area contributed by atoms with Crippen LogP contribution in [0.4, 0.5) is 11.5 Å². The molecule has 2 N–H and O–H groups in total. The van der Waals surface area contributed by atoms with E-state index in [4.69, 9.17) is 9.47 Å². The molecule has 142 valence electrons. The summed E-state index contributed by atoms with van der Waals surface area (Å²) in [4.78, 5) is 34.4. The van der Waals surface area contributed by atoms with Crippen LogP contribution in [0.3, 0.4) is 0 Å². The Bertz CT molecular complexity index is 981. The summed E-state index contributed by atoms with van der Waals surface area (Å²) >= 11 is 0. The lowest BCUT2D eigenvalue weighted by molar-refractivity contribution is -0.385. The van der Waals surface area contributed by atoms with Crippen LogP contribution in [0.5, 0.6) is 17.4 Å². The van der Waals surface area contributed by atoms with E-state index in [1.165, 1.54) is 19.5 Å². The molecule has 0 radical (unpaired) electrons. The first-order chi connectivity index (χ1) is 13.6. The zero-order valence-electron chi connectivity index (χ0n) is 14.5. The summed E-state index contributed by atoms with van der Waals surface area (Å²) < 4.78 is 10.4. The number of carbonyl (C=O) groups is 1. The molecule has 0 aliphatic rings. The Morgan fingerprint density at radius 1 is 1.14 bits per heavy atom. The topological polar surface area (TPSA) is 141 Å². The number of rotatable bonds is 7. The Kier molecular flexibility index (Phi) is 5.55. The maximum absolute atomic E-state index is 12.2. The number of hydrogen-bond donors (Lipinski definition) is 2. The van der Waals surface area contributed by atoms with Crippen LogP contribution in [0, 0.1) is 10.1 Å². The Labute approximate surface area is 158 Å². The number of nitro groups is 1. The van der Waals surface area contributed by atoms with E-state index >= 15 is 0 Å². The van der Waals surface area contributed by atoms with Crippen molar-refractivity contribution >= 4 is 17.4 Å². The number of benzene rings is 1. The fourth-order valence-electron chi connectivity index (χ4n) is 2.14. The van der Waals surface area contributed by atoms with Crippen molar-refractivity contribution in [1.29, 1.82) is 0 Å². The lowest BCUT2D eigenvalue weighted by atomic mass is 10.2. The van der Waals surface area contributed by atoms with Crippen LogP contribution in [-0.2, 0) is 0 Å². The van der Waals surface area contributed by atoms with Gasteiger partial charge in [0.05, 0.1) is 18.2 Å². The molecule has 0 bridgehead atoms. The summed E-state index contributed by atoms with van der Waals surface area (Å²) in [7, 11) is 1.51. The van der Waals surface area contributed by atoms with Crippen molar-refractivity contribution < 1.29 is 19.2 Å². The molecule has 11 nitrogen and oxygen atoms in total. The molecule has 0 aliphatic heterocycles. The van der Waals surface area contributed by atoms with Crippen LogP contribution in [0.2, 0.25) is 0 Å². The number of hydrogen-bond acceptors (Lipinski definition) is 9. The van der Waals surface area contributed by atoms with Gasteiger partial charge in [0.1, 0.15) is 17.8 Å². The van der Waals surface area contributed by atoms with Crippen molar-refractivity contribution in [3.05, 3.63) is 70.8 Å². The second-order valence-corrected chi connectivity index (χ2v) is 5.23. The quantitative estimate of drug-likeness (QED) is 0.465. The van der Waals surface area contributed by atoms with Gasteiger partial charge in [-0.05, 0) is 36.4 Å². The smallest absolute Gasteiger partial charge is 0.374 e. The average molecular weight is 382 g/mol. The minimum absolute atomic E-state index is 0.235. The summed E-state index contributed by atoms with van der Waals surface area (Å²) in [5.41, 5.74) is 4.55. The van der Waals surface area contributed by atoms with Gasteiger partial charge in [0.25, 0.3) is 5.91 Å². The van der Waals surface area contributed by atoms with Gasteiger partial charge in [-0.2, -0.15) is 4.98 Å². The molecule has 3 rings (SSSR count). The first-order valence-corrected chi connectivity index (χ1v) is 7.86. The first-order valence-electron chi connectivity index (χ1n) is 7.86. The highest BCUT2D eigenvalue weighted by Crippen LogP contribution is 2.33. The van der Waals surface area contributed by atoms with Crippen molar-refractivity contribution in [3.8, 4) is 17.4 Å². The monoisotopic (exact) mass is 382 g/mol. The van der Waals surface area contributed by atoms with Crippen molar-refractivity contribution in [3.63, 3.8) is 0 Å². The van der Waals surface area contributed by atoms with Gasteiger partial charge in [0.15, 0.2) is 0 Å². The normalized spacial score (nSPS) is 10.0. The fourth-order valence-corrected chi connectivity index (χ4v) is 2.14. The highest BCUT2D eigenvalue weighted by atomic mass is 16.6. The summed E-state index contributed by atoms with van der Waals surface area (Å²) in [6, 6.07) is 9.49. The summed E-state index contributed by atoms with van der Waals surface area (Å²) in [6.07, 6.45) is 3.98. The third-order valence-electron chi connectivity index (χ3n) is 3.47. The summed E-state index contributed by atoms with van der Waals surface area (Å²) in [6.45, 7) is 0. The zero-order valence-corrected chi connectivity index (χ0v) is 14.5. The molecule has 0 fully saturated rings. The van der Waals surface area contributed by atoms with Gasteiger partial charge in [-0.15, -0.1) is 0 Å². The summed E-state index contributed by atoms with van der Waals surface area (Å²) in [5, 5.41) is 11.5. The van der Waals surface area contributed by atoms with E-state index < -0.39 is 16.5 Å². The second kappa shape index (κ2) is 8.40. The van der Waals surface area contributed by atoms with Gasteiger partial charge in [0, 0.05) is 11.8 Å². The van der Waals surface area contributed by atoms with Gasteiger partial charge < -0.3 is 9.47 Å². The number of pyridine rings is 1. The molecule has 0 saturated carbocycles. The predicted molar refractivity (Wildman–Crippen MR) is 97.1 cm³/mol. The number of nitrogens with one attached hydrogen (secondary N) is 2. The van der Waals surface area contributed by atoms with Crippen molar-refractivity contribution in [2.24, 2.45) is 0 Å². The van der Waals surface area contributed by atoms with Crippen LogP contribution in [0.15, 0.2) is 55.1 Å². The molecule has 0 aliphatic carbocycles. The zero-order chi connectivity index (χ0) is 19.9. The van der Waals surface area contributed by atoms with Crippen LogP contribution in [0.25, 0.3) is 0 Å². The number of aromatic nitrogens is 3. The SMILES string of the molecule is COc1ccc(C(=O)NNc2ncnc(Oc3cccnc3)c2[N+](=O)[O-])cc1. The number of ether oxygens (including phenoxy) is 2. The molecule has 0 saturated heterocycles. The van der Waals surface area contributed by atoms with E-state index in [-0.39, 0.29) is 17.4 Å². The molecule has 1 aromatic carbocycles. The van der Waals surface area contributed by atoms with E-state index in [2.05, 4.69) is 25.8 Å². The number of nitrogens with zero attached hydrogens (tertiary/aromatic N) is 4. The highest BCUT2D eigenvalue weighted by molar-refractivity contribution is 5.95. The third kappa shape index (κ3) is 4.27. The predicted octanol–water partition coefficient (Wildman–Crippen LogP) is 2.34. The molecular weight excluding hydrogens is 368 g/mol. The molecule has 0 atom stereocenters. The number of amides is 1. The standard InChI is InChI=1S/C17H14N6O5/c1-27-12-6-4-11(5-7-12)16(24)22-21-15-14(23(25)26)17(20-10-19-15)28-13-3-2-8-18-9-13/h2-10H,1H3,(H,22,24)(H,19,20,21). The molecule has 11 heteroatoms. The van der Waals surface area contributed by atoms with E-state index in [0.29, 0.717) is 11.3 Å². The van der Waals surface area contributed by atoms with E-state index in [0.717, 1.165) is 6.33 Å². The lowest BCUT2D eigenvalue weighted by Gasteiger charge is -2.10. The second-order valence-electron chi connectivity index (χ2n) is 5.23. The Morgan fingerprint density at radius 2 is 1.93 bits per heavy atom. The molecule has 0 spiro atoms. The van der Waals surface area contributed by atoms with Crippen molar-refractivity contribution in [2.45, 2.75) is 0 Å². The molecule has 1 amide bonds. The molecule has 2 aromatic heterocycles. The van der Waals surface area contributed by atoms with Gasteiger partial charge >= 0.3 is 11.6 Å². The van der Waals surface area contributed by atoms with E-state index in [1.807, 2.05) is 0 Å². The van der Waals surface area contributed by atoms with Crippen molar-refractivity contribution in [1.82, 2.24) is 20.4 Å². The van der Waals surface area contributed by atoms with Crippen LogP contribution in [0.1, 0.15) is 10.4 Å². The first kappa shape index (κ1) is 18.5. The van der Waals surface area contributed by atoms with E-state index in [1.54, 1.807) is 36.4 Å². The van der Waals surface area contributed by atoms with Crippen LogP contribution >= 0.6 is 0 Å². The Balaban J connectivity index is 1.78. The van der Waals surface area contributed by atoms with Gasteiger partial charge in [-0.1, -0.05) is 0 Å². The highest BCUT2D eigenvalue weighted by Gasteiger charge is 2.25. The molecule has 28 heavy (non-hydrogen) atoms. The Morgan fingerprint density at radius 3 is 2.57 bits per heavy atom. The van der Waals surface area contributed by atoms with Crippen LogP contribution in [-0.4, -0.2) is 32.9 Å². The number of carbonyl (C=O) groups excluding carboxylic acids is 1. The van der Waals surface area contributed by atoms with Crippen molar-refractivity contribution in [2.75, 3.05) is 12.5 Å². The largest absolute Gasteiger partial charge is 0.497 e. The molecule has 3 aromatic rings. The minimum atomic E-state index is -0.715. The summed E-state index contributed by atoms with van der Waals surface area (Å²) in [5.74, 6) is -0.203. The number of methoxy groups -OCH3 is 1. The number of hydrazine groups is 1. The fraction of sp³-hybridized carbons (Fsp3) is 0.0588. The van der Waals surface area contributed by atoms with Gasteiger partial charge in [0.2, 0.25) is 5.82 Å². The third-order valence-corrected chi connectivity index (χ3v) is 3.47. The molecular formula is C17H14N6O5. The Hall–Kier alpha value is -4.28. The average Bonchev–Trinajstić information content (AvgIpc) is 2.72. The molecule has 0 unspecified atom stereocenters. The van der Waals surface area contributed by atoms with Crippen LogP contribution < -0.4 is 20.3 Å². The van der Waals surface area contributed by atoms with Gasteiger partial charge in [-0.25, -0.2) is 4.98 Å². The maximum atomic E-state index is 12.2. The van der Waals surface area contributed by atoms with E-state index in [9.17, 15) is 14.9 Å². The van der Waals surface area contributed by atoms with Gasteiger partial charge in [-0.3, -0.25) is 30.7 Å². The minimum Gasteiger partial charge on any atom is -0.497 e. The molecule has 2 heterocycles. The number of anilines is 1.